The Morgan fingerprint density at radius 3 is 2.46 bits per heavy atom. The molecule has 3 rings (SSSR count). The van der Waals surface area contributed by atoms with Gasteiger partial charge in [0.1, 0.15) is 0 Å². The van der Waals surface area contributed by atoms with E-state index in [1.807, 2.05) is 68.5 Å². The van der Waals surface area contributed by atoms with Crippen molar-refractivity contribution in [1.29, 1.82) is 0 Å². The van der Waals surface area contributed by atoms with Gasteiger partial charge < -0.3 is 9.80 Å². The summed E-state index contributed by atoms with van der Waals surface area (Å²) in [6, 6.07) is 16.3. The number of carbonyl (C=O) groups excluding carboxylic acids is 1. The molecule has 1 aliphatic heterocycles. The Morgan fingerprint density at radius 2 is 1.79 bits per heavy atom. The second-order valence-corrected chi connectivity index (χ2v) is 6.90. The number of benzene rings is 2. The highest BCUT2D eigenvalue weighted by Crippen LogP contribution is 2.44. The Hall–Kier alpha value is -2.46. The lowest BCUT2D eigenvalue weighted by Gasteiger charge is -2.12. The molecule has 0 aromatic heterocycles. The van der Waals surface area contributed by atoms with Crippen LogP contribution in [0.5, 0.6) is 0 Å². The van der Waals surface area contributed by atoms with E-state index in [1.54, 1.807) is 23.9 Å². The lowest BCUT2D eigenvalue weighted by Crippen LogP contribution is -2.10. The third kappa shape index (κ3) is 3.54. The van der Waals surface area contributed by atoms with Gasteiger partial charge in [0.15, 0.2) is 5.78 Å². The van der Waals surface area contributed by atoms with Gasteiger partial charge in [-0.05, 0) is 35.9 Å². The number of rotatable bonds is 4. The van der Waals surface area contributed by atoms with Crippen LogP contribution in [0.2, 0.25) is 0 Å². The van der Waals surface area contributed by atoms with Crippen LogP contribution in [0.3, 0.4) is 0 Å². The van der Waals surface area contributed by atoms with Crippen LogP contribution in [0.15, 0.2) is 70.6 Å². The van der Waals surface area contributed by atoms with Gasteiger partial charge in [0, 0.05) is 37.8 Å². The number of ketones is 1. The van der Waals surface area contributed by atoms with Gasteiger partial charge >= 0.3 is 0 Å². The summed E-state index contributed by atoms with van der Waals surface area (Å²) in [5.74, 6) is -0.00570. The van der Waals surface area contributed by atoms with Crippen molar-refractivity contribution in [3.8, 4) is 0 Å². The molecule has 0 radical (unpaired) electrons. The zero-order chi connectivity index (χ0) is 17.1. The van der Waals surface area contributed by atoms with Crippen LogP contribution in [0.25, 0.3) is 6.08 Å². The molecular formula is C20H20N2OS. The summed E-state index contributed by atoms with van der Waals surface area (Å²) >= 11 is 1.63. The summed E-state index contributed by atoms with van der Waals surface area (Å²) in [6.45, 7) is 0. The Labute approximate surface area is 147 Å². The van der Waals surface area contributed by atoms with E-state index in [2.05, 4.69) is 17.0 Å². The van der Waals surface area contributed by atoms with E-state index < -0.39 is 0 Å². The molecule has 1 aliphatic rings. The van der Waals surface area contributed by atoms with Crippen LogP contribution < -0.4 is 9.80 Å². The van der Waals surface area contributed by atoms with Crippen molar-refractivity contribution in [1.82, 2.24) is 0 Å². The first kappa shape index (κ1) is 16.4. The van der Waals surface area contributed by atoms with Gasteiger partial charge in [0.05, 0.1) is 10.7 Å². The molecule has 122 valence electrons. The monoisotopic (exact) mass is 336 g/mol. The van der Waals surface area contributed by atoms with Gasteiger partial charge in [0.25, 0.3) is 0 Å². The minimum Gasteiger partial charge on any atom is -0.378 e. The molecule has 0 aliphatic carbocycles. The van der Waals surface area contributed by atoms with E-state index in [9.17, 15) is 4.79 Å². The lowest BCUT2D eigenvalue weighted by atomic mass is 10.1. The number of fused-ring (bicyclic) bond motifs is 1. The number of para-hydroxylation sites is 1. The van der Waals surface area contributed by atoms with Crippen molar-refractivity contribution in [2.75, 3.05) is 30.9 Å². The molecule has 0 bridgehead atoms. The van der Waals surface area contributed by atoms with Crippen molar-refractivity contribution in [2.24, 2.45) is 0 Å². The largest absolute Gasteiger partial charge is 0.378 e. The van der Waals surface area contributed by atoms with Crippen molar-refractivity contribution in [3.05, 3.63) is 71.3 Å². The number of anilines is 2. The first-order chi connectivity index (χ1) is 11.5. The third-order valence-corrected chi connectivity index (χ3v) is 5.05. The molecular weight excluding hydrogens is 316 g/mol. The van der Waals surface area contributed by atoms with Crippen LogP contribution in [0.4, 0.5) is 11.4 Å². The molecule has 0 saturated carbocycles. The molecule has 4 heteroatoms. The summed E-state index contributed by atoms with van der Waals surface area (Å²) in [5.41, 5.74) is 3.30. The average Bonchev–Trinajstić information content (AvgIpc) is 2.89. The quantitative estimate of drug-likeness (QED) is 0.771. The molecule has 0 N–H and O–H groups in total. The summed E-state index contributed by atoms with van der Waals surface area (Å²) in [4.78, 5) is 17.5. The Kier molecular flexibility index (Phi) is 4.76. The predicted octanol–water partition coefficient (Wildman–Crippen LogP) is 4.42. The minimum atomic E-state index is -0.00570. The van der Waals surface area contributed by atoms with Crippen LogP contribution in [-0.2, 0) is 4.79 Å². The third-order valence-electron chi connectivity index (χ3n) is 3.89. The van der Waals surface area contributed by atoms with Crippen LogP contribution in [0.1, 0.15) is 5.56 Å². The van der Waals surface area contributed by atoms with Gasteiger partial charge in [-0.2, -0.15) is 0 Å². The zero-order valence-corrected chi connectivity index (χ0v) is 14.9. The van der Waals surface area contributed by atoms with Gasteiger partial charge in [-0.3, -0.25) is 4.79 Å². The van der Waals surface area contributed by atoms with E-state index in [0.717, 1.165) is 22.0 Å². The number of hydrogen-bond acceptors (Lipinski definition) is 4. The molecule has 2 aromatic rings. The number of hydrogen-bond donors (Lipinski definition) is 0. The smallest absolute Gasteiger partial charge is 0.181 e. The van der Waals surface area contributed by atoms with E-state index in [0.29, 0.717) is 0 Å². The molecule has 3 nitrogen and oxygen atoms in total. The van der Waals surface area contributed by atoms with Crippen molar-refractivity contribution < 1.29 is 4.79 Å². The normalized spacial score (nSPS) is 15.1. The summed E-state index contributed by atoms with van der Waals surface area (Å²) in [5, 5.41) is 0.953. The molecule has 0 amide bonds. The fourth-order valence-corrected chi connectivity index (χ4v) is 3.57. The molecule has 0 spiro atoms. The number of allylic oxidation sites excluding steroid dienone is 2. The predicted molar refractivity (Wildman–Crippen MR) is 104 cm³/mol. The molecule has 0 atom stereocenters. The van der Waals surface area contributed by atoms with E-state index in [1.165, 1.54) is 4.90 Å². The SMILES string of the molecule is CN(C)c1ccc(/C=C/C(=O)C=C2Sc3ccccc3N2C)cc1. The van der Waals surface area contributed by atoms with Crippen molar-refractivity contribution >= 4 is 35.0 Å². The first-order valence-corrected chi connectivity index (χ1v) is 8.58. The maximum Gasteiger partial charge on any atom is 0.181 e. The lowest BCUT2D eigenvalue weighted by molar-refractivity contribution is -0.110. The maximum atomic E-state index is 12.2. The highest BCUT2D eigenvalue weighted by atomic mass is 32.2. The molecule has 24 heavy (non-hydrogen) atoms. The van der Waals surface area contributed by atoms with Crippen LogP contribution in [0, 0.1) is 0 Å². The maximum absolute atomic E-state index is 12.2. The highest BCUT2D eigenvalue weighted by Gasteiger charge is 2.21. The average molecular weight is 336 g/mol. The van der Waals surface area contributed by atoms with E-state index >= 15 is 0 Å². The molecule has 0 saturated heterocycles. The Balaban J connectivity index is 1.70. The van der Waals surface area contributed by atoms with E-state index in [-0.39, 0.29) is 5.78 Å². The minimum absolute atomic E-state index is 0.00570. The fourth-order valence-electron chi connectivity index (χ4n) is 2.48. The van der Waals surface area contributed by atoms with Gasteiger partial charge in [-0.15, -0.1) is 0 Å². The summed E-state index contributed by atoms with van der Waals surface area (Å²) in [6.07, 6.45) is 5.16. The van der Waals surface area contributed by atoms with Gasteiger partial charge in [0.2, 0.25) is 0 Å². The van der Waals surface area contributed by atoms with Crippen molar-refractivity contribution in [2.45, 2.75) is 4.90 Å². The number of nitrogens with zero attached hydrogens (tertiary/aromatic N) is 2. The van der Waals surface area contributed by atoms with Crippen LogP contribution in [-0.4, -0.2) is 26.9 Å². The number of carbonyl (C=O) groups is 1. The second kappa shape index (κ2) is 6.97. The Morgan fingerprint density at radius 1 is 1.08 bits per heavy atom. The number of thioether (sulfide) groups is 1. The zero-order valence-electron chi connectivity index (χ0n) is 14.1. The summed E-state index contributed by atoms with van der Waals surface area (Å²) < 4.78 is 0. The first-order valence-electron chi connectivity index (χ1n) is 7.76. The van der Waals surface area contributed by atoms with E-state index in [4.69, 9.17) is 0 Å². The van der Waals surface area contributed by atoms with Gasteiger partial charge in [-0.25, -0.2) is 0 Å². The molecule has 0 unspecified atom stereocenters. The standard InChI is InChI=1S/C20H20N2OS/c1-21(2)16-11-8-15(9-12-16)10-13-17(23)14-20-22(3)18-6-4-5-7-19(18)24-20/h4-14H,1-3H3/b13-10+,20-14?. The fraction of sp³-hybridized carbons (Fsp3) is 0.150. The topological polar surface area (TPSA) is 23.6 Å². The summed E-state index contributed by atoms with van der Waals surface area (Å²) in [7, 11) is 6.00. The van der Waals surface area contributed by atoms with Gasteiger partial charge in [-0.1, -0.05) is 42.1 Å². The Bertz CT molecular complexity index is 807. The molecule has 1 heterocycles. The van der Waals surface area contributed by atoms with Crippen LogP contribution >= 0.6 is 11.8 Å². The second-order valence-electron chi connectivity index (χ2n) is 5.83. The molecule has 2 aromatic carbocycles. The van der Waals surface area contributed by atoms with Crippen molar-refractivity contribution in [3.63, 3.8) is 0 Å². The molecule has 0 fully saturated rings. The highest BCUT2D eigenvalue weighted by molar-refractivity contribution is 8.03.